The Labute approximate surface area is 229 Å². The minimum atomic E-state index is -0.325. The van der Waals surface area contributed by atoms with Crippen LogP contribution < -0.4 is 18.9 Å². The Morgan fingerprint density at radius 3 is 2.60 bits per heavy atom. The molecule has 7 rings (SSSR count). The Bertz CT molecular complexity index is 1900. The molecule has 9 heteroatoms. The van der Waals surface area contributed by atoms with Crippen LogP contribution >= 0.6 is 0 Å². The van der Waals surface area contributed by atoms with Crippen molar-refractivity contribution in [3.8, 4) is 34.6 Å². The van der Waals surface area contributed by atoms with Crippen LogP contribution in [0.15, 0.2) is 85.2 Å². The van der Waals surface area contributed by atoms with E-state index in [-0.39, 0.29) is 18.3 Å². The van der Waals surface area contributed by atoms with Gasteiger partial charge >= 0.3 is 0 Å². The molecule has 3 heterocycles. The number of phenolic OH excluding ortho intramolecular Hbond substituents is 1. The van der Waals surface area contributed by atoms with E-state index in [0.717, 1.165) is 33.2 Å². The number of aromatic hydroxyl groups is 1. The summed E-state index contributed by atoms with van der Waals surface area (Å²) in [6.45, 7) is 0.182. The standard InChI is InChI=1S/C31H24N4O5/c1-37-24-12-8-20(14-26(24)38-2)28-23-11-9-21(36)15-25(23)40-31-29(28)30-33-27(34-35(30)17-32-31)16-39-22-10-7-18-5-3-4-6-19(18)13-22/h3-15,17,28,36H,16H2,1-2H3/t28-/m0/s1. The zero-order valence-electron chi connectivity index (χ0n) is 21.7. The molecule has 1 atom stereocenters. The van der Waals surface area contributed by atoms with Crippen LogP contribution in [-0.2, 0) is 6.61 Å². The largest absolute Gasteiger partial charge is 0.508 e. The predicted molar refractivity (Wildman–Crippen MR) is 148 cm³/mol. The Hall–Kier alpha value is -5.31. The molecule has 198 valence electrons. The topological polar surface area (TPSA) is 100 Å². The molecular formula is C31H24N4O5. The molecule has 1 N–H and O–H groups in total. The number of methoxy groups -OCH3 is 2. The van der Waals surface area contributed by atoms with Crippen LogP contribution in [0.4, 0.5) is 0 Å². The maximum atomic E-state index is 10.2. The smallest absolute Gasteiger partial charge is 0.228 e. The van der Waals surface area contributed by atoms with Crippen molar-refractivity contribution in [3.05, 3.63) is 108 Å². The predicted octanol–water partition coefficient (Wildman–Crippen LogP) is 5.87. The van der Waals surface area contributed by atoms with Gasteiger partial charge in [-0.3, -0.25) is 0 Å². The van der Waals surface area contributed by atoms with Crippen molar-refractivity contribution in [2.75, 3.05) is 14.2 Å². The van der Waals surface area contributed by atoms with Crippen molar-refractivity contribution in [2.24, 2.45) is 0 Å². The second-order valence-corrected chi connectivity index (χ2v) is 9.43. The number of ether oxygens (including phenoxy) is 4. The van der Waals surface area contributed by atoms with Crippen LogP contribution in [0.1, 0.15) is 28.4 Å². The highest BCUT2D eigenvalue weighted by atomic mass is 16.5. The van der Waals surface area contributed by atoms with Crippen LogP contribution in [0.5, 0.6) is 34.6 Å². The summed E-state index contributed by atoms with van der Waals surface area (Å²) in [6.07, 6.45) is 1.57. The molecule has 40 heavy (non-hydrogen) atoms. The summed E-state index contributed by atoms with van der Waals surface area (Å²) in [5.41, 5.74) is 3.11. The van der Waals surface area contributed by atoms with E-state index in [1.54, 1.807) is 37.2 Å². The van der Waals surface area contributed by atoms with E-state index in [2.05, 4.69) is 22.2 Å². The van der Waals surface area contributed by atoms with Gasteiger partial charge in [-0.15, -0.1) is 5.10 Å². The number of hydrogen-bond donors (Lipinski definition) is 1. The van der Waals surface area contributed by atoms with Crippen molar-refractivity contribution in [2.45, 2.75) is 12.5 Å². The third-order valence-electron chi connectivity index (χ3n) is 7.06. The summed E-state index contributed by atoms with van der Waals surface area (Å²) in [5.74, 6) is 3.14. The normalized spacial score (nSPS) is 13.9. The molecular weight excluding hydrogens is 508 g/mol. The lowest BCUT2D eigenvalue weighted by atomic mass is 9.83. The number of fused-ring (bicyclic) bond motifs is 5. The highest BCUT2D eigenvalue weighted by Crippen LogP contribution is 2.49. The van der Waals surface area contributed by atoms with E-state index in [1.807, 2.05) is 54.6 Å². The van der Waals surface area contributed by atoms with E-state index in [4.69, 9.17) is 23.9 Å². The van der Waals surface area contributed by atoms with Gasteiger partial charge in [0.1, 0.15) is 30.2 Å². The number of nitrogens with zero attached hydrogens (tertiary/aromatic N) is 4. The van der Waals surface area contributed by atoms with E-state index in [0.29, 0.717) is 34.6 Å². The number of rotatable bonds is 6. The summed E-state index contributed by atoms with van der Waals surface area (Å²) in [7, 11) is 3.20. The number of aromatic nitrogens is 4. The fourth-order valence-electron chi connectivity index (χ4n) is 5.19. The van der Waals surface area contributed by atoms with E-state index in [9.17, 15) is 5.11 Å². The van der Waals surface area contributed by atoms with Crippen molar-refractivity contribution in [1.29, 1.82) is 0 Å². The molecule has 0 bridgehead atoms. The Morgan fingerprint density at radius 2 is 1.75 bits per heavy atom. The van der Waals surface area contributed by atoms with E-state index < -0.39 is 0 Å². The highest BCUT2D eigenvalue weighted by molar-refractivity contribution is 5.83. The molecule has 9 nitrogen and oxygen atoms in total. The first-order valence-corrected chi connectivity index (χ1v) is 12.7. The SMILES string of the molecule is COc1ccc([C@H]2c3ccc(O)cc3Oc3ncn4nc(COc5ccc6ccccc6c5)nc4c32)cc1OC. The van der Waals surface area contributed by atoms with Crippen LogP contribution in [0.2, 0.25) is 0 Å². The van der Waals surface area contributed by atoms with Crippen LogP contribution in [0.25, 0.3) is 16.4 Å². The summed E-state index contributed by atoms with van der Waals surface area (Å²) in [6, 6.07) is 24.9. The Kier molecular flexibility index (Phi) is 5.62. The van der Waals surface area contributed by atoms with Gasteiger partial charge in [-0.25, -0.2) is 14.5 Å². The van der Waals surface area contributed by atoms with Crippen LogP contribution in [0, 0.1) is 0 Å². The van der Waals surface area contributed by atoms with Gasteiger partial charge in [0, 0.05) is 17.5 Å². The summed E-state index contributed by atoms with van der Waals surface area (Å²) in [4.78, 5) is 9.40. The van der Waals surface area contributed by atoms with Gasteiger partial charge in [0.25, 0.3) is 0 Å². The lowest BCUT2D eigenvalue weighted by Crippen LogP contribution is -2.15. The second-order valence-electron chi connectivity index (χ2n) is 9.43. The van der Waals surface area contributed by atoms with Gasteiger partial charge < -0.3 is 24.1 Å². The molecule has 0 fully saturated rings. The zero-order chi connectivity index (χ0) is 27.2. The van der Waals surface area contributed by atoms with Gasteiger partial charge in [0.15, 0.2) is 23.0 Å². The minimum absolute atomic E-state index is 0.102. The molecule has 0 unspecified atom stereocenters. The maximum absolute atomic E-state index is 10.2. The van der Waals surface area contributed by atoms with E-state index in [1.165, 1.54) is 0 Å². The lowest BCUT2D eigenvalue weighted by molar-refractivity contribution is 0.296. The van der Waals surface area contributed by atoms with Gasteiger partial charge in [0.05, 0.1) is 19.8 Å². The van der Waals surface area contributed by atoms with Crippen molar-refractivity contribution in [1.82, 2.24) is 19.6 Å². The van der Waals surface area contributed by atoms with Crippen LogP contribution in [0.3, 0.4) is 0 Å². The molecule has 0 amide bonds. The average Bonchev–Trinajstić information content (AvgIpc) is 3.42. The van der Waals surface area contributed by atoms with Crippen molar-refractivity contribution < 1.29 is 24.1 Å². The average molecular weight is 533 g/mol. The van der Waals surface area contributed by atoms with Gasteiger partial charge in [-0.2, -0.15) is 0 Å². The number of phenols is 1. The summed E-state index contributed by atoms with van der Waals surface area (Å²) in [5, 5.41) is 17.0. The second kappa shape index (κ2) is 9.46. The van der Waals surface area contributed by atoms with Crippen molar-refractivity contribution in [3.63, 3.8) is 0 Å². The third-order valence-corrected chi connectivity index (χ3v) is 7.06. The minimum Gasteiger partial charge on any atom is -0.508 e. The Morgan fingerprint density at radius 1 is 0.900 bits per heavy atom. The Balaban J connectivity index is 1.31. The third kappa shape index (κ3) is 3.99. The molecule has 6 aromatic rings. The quantitative estimate of drug-likeness (QED) is 0.284. The van der Waals surface area contributed by atoms with Gasteiger partial charge in [-0.1, -0.05) is 42.5 Å². The first-order chi connectivity index (χ1) is 19.6. The maximum Gasteiger partial charge on any atom is 0.228 e. The van der Waals surface area contributed by atoms with E-state index >= 15 is 0 Å². The molecule has 0 saturated heterocycles. The molecule has 0 aliphatic carbocycles. The summed E-state index contributed by atoms with van der Waals surface area (Å²) < 4.78 is 24.9. The molecule has 2 aromatic heterocycles. The zero-order valence-corrected chi connectivity index (χ0v) is 21.7. The van der Waals surface area contributed by atoms with Gasteiger partial charge in [-0.05, 0) is 46.7 Å². The molecule has 0 saturated carbocycles. The fraction of sp³-hybridized carbons (Fsp3) is 0.129. The molecule has 1 aliphatic rings. The monoisotopic (exact) mass is 532 g/mol. The highest BCUT2D eigenvalue weighted by Gasteiger charge is 2.34. The first-order valence-electron chi connectivity index (χ1n) is 12.7. The first kappa shape index (κ1) is 23.8. The van der Waals surface area contributed by atoms with Gasteiger partial charge in [0.2, 0.25) is 5.88 Å². The molecule has 0 radical (unpaired) electrons. The van der Waals surface area contributed by atoms with Crippen molar-refractivity contribution >= 4 is 16.4 Å². The van der Waals surface area contributed by atoms with Crippen LogP contribution in [-0.4, -0.2) is 38.9 Å². The molecule has 1 aliphatic heterocycles. The molecule has 0 spiro atoms. The number of hydrogen-bond acceptors (Lipinski definition) is 8. The number of benzene rings is 4. The summed E-state index contributed by atoms with van der Waals surface area (Å²) >= 11 is 0. The lowest BCUT2D eigenvalue weighted by Gasteiger charge is -2.28. The fourth-order valence-corrected chi connectivity index (χ4v) is 5.19. The molecule has 4 aromatic carbocycles.